The normalized spacial score (nSPS) is 10.7. The number of nitrogens with zero attached hydrogens (tertiary/aromatic N) is 1. The number of hydrogen-bond acceptors (Lipinski definition) is 2. The van der Waals surface area contributed by atoms with Crippen LogP contribution in [0.3, 0.4) is 0 Å². The third-order valence-corrected chi connectivity index (χ3v) is 3.72. The third kappa shape index (κ3) is 2.17. The maximum atomic E-state index is 5.97. The molecule has 0 saturated carbocycles. The second-order valence-electron chi connectivity index (χ2n) is 3.27. The molecule has 2 aromatic rings. The molecule has 0 unspecified atom stereocenters. The molecule has 0 spiro atoms. The maximum absolute atomic E-state index is 5.97. The van der Waals surface area contributed by atoms with E-state index in [2.05, 4.69) is 11.9 Å². The molecular weight excluding hydrogens is 249 g/mol. The van der Waals surface area contributed by atoms with Crippen LogP contribution < -0.4 is 0 Å². The number of halogens is 2. The van der Waals surface area contributed by atoms with E-state index in [9.17, 15) is 0 Å². The second-order valence-corrected chi connectivity index (χ2v) is 5.49. The lowest BCUT2D eigenvalue weighted by Crippen LogP contribution is -1.81. The average Bonchev–Trinajstić information content (AvgIpc) is 2.50. The molecule has 0 aliphatic carbocycles. The Bertz CT molecular complexity index is 505. The Morgan fingerprint density at radius 1 is 1.13 bits per heavy atom. The van der Waals surface area contributed by atoms with Gasteiger partial charge in [-0.15, -0.1) is 11.3 Å². The summed E-state index contributed by atoms with van der Waals surface area (Å²) in [5, 5.41) is 2.21. The van der Waals surface area contributed by atoms with Crippen LogP contribution >= 0.6 is 34.5 Å². The molecule has 1 nitrogen and oxygen atoms in total. The predicted molar refractivity (Wildman–Crippen MR) is 67.0 cm³/mol. The van der Waals surface area contributed by atoms with Gasteiger partial charge in [0, 0.05) is 10.4 Å². The molecule has 0 bridgehead atoms. The smallest absolute Gasteiger partial charge is 0.0904 e. The van der Waals surface area contributed by atoms with Crippen molar-refractivity contribution in [2.75, 3.05) is 0 Å². The summed E-state index contributed by atoms with van der Waals surface area (Å²) in [4.78, 5) is 5.67. The van der Waals surface area contributed by atoms with Crippen molar-refractivity contribution in [1.82, 2.24) is 4.98 Å². The zero-order valence-electron chi connectivity index (χ0n) is 8.34. The van der Waals surface area contributed by atoms with Gasteiger partial charge in [0.05, 0.1) is 20.7 Å². The van der Waals surface area contributed by atoms with Crippen molar-refractivity contribution in [3.05, 3.63) is 38.1 Å². The summed E-state index contributed by atoms with van der Waals surface area (Å²) in [6.45, 7) is 4.06. The lowest BCUT2D eigenvalue weighted by atomic mass is 10.1. The predicted octanol–water partition coefficient (Wildman–Crippen LogP) is 4.73. The van der Waals surface area contributed by atoms with Gasteiger partial charge in [0.1, 0.15) is 0 Å². The Morgan fingerprint density at radius 3 is 2.40 bits per heavy atom. The number of rotatable bonds is 1. The molecule has 0 radical (unpaired) electrons. The van der Waals surface area contributed by atoms with Crippen molar-refractivity contribution in [2.45, 2.75) is 13.8 Å². The number of benzene rings is 1. The molecule has 0 atom stereocenters. The van der Waals surface area contributed by atoms with E-state index in [0.29, 0.717) is 10.0 Å². The van der Waals surface area contributed by atoms with Crippen LogP contribution in [0.4, 0.5) is 0 Å². The Labute approximate surface area is 103 Å². The summed E-state index contributed by atoms with van der Waals surface area (Å²) in [5.74, 6) is 0. The quantitative estimate of drug-likeness (QED) is 0.720. The molecule has 1 heterocycles. The molecule has 1 aromatic carbocycles. The fourth-order valence-corrected chi connectivity index (χ4v) is 2.58. The Kier molecular flexibility index (Phi) is 3.01. The van der Waals surface area contributed by atoms with E-state index in [1.165, 1.54) is 4.88 Å². The first kappa shape index (κ1) is 10.9. The molecule has 2 rings (SSSR count). The van der Waals surface area contributed by atoms with Gasteiger partial charge in [-0.25, -0.2) is 4.98 Å². The second kappa shape index (κ2) is 4.12. The van der Waals surface area contributed by atoms with E-state index in [1.807, 2.05) is 19.1 Å². The first-order valence-corrected chi connectivity index (χ1v) is 6.04. The van der Waals surface area contributed by atoms with Crippen LogP contribution in [-0.2, 0) is 0 Å². The van der Waals surface area contributed by atoms with Crippen molar-refractivity contribution in [1.29, 1.82) is 0 Å². The highest BCUT2D eigenvalue weighted by atomic mass is 35.5. The fourth-order valence-electron chi connectivity index (χ4n) is 1.44. The standard InChI is InChI=1S/C11H9Cl2NS/c1-6-11(14-7(2)15-6)8-3-4-9(12)10(13)5-8/h3-5H,1-2H3. The minimum Gasteiger partial charge on any atom is -0.241 e. The van der Waals surface area contributed by atoms with Gasteiger partial charge >= 0.3 is 0 Å². The minimum absolute atomic E-state index is 0.569. The molecule has 0 N–H and O–H groups in total. The monoisotopic (exact) mass is 257 g/mol. The molecule has 78 valence electrons. The Hall–Kier alpha value is -0.570. The van der Waals surface area contributed by atoms with Gasteiger partial charge in [-0.2, -0.15) is 0 Å². The topological polar surface area (TPSA) is 12.9 Å². The summed E-state index contributed by atoms with van der Waals surface area (Å²) >= 11 is 13.5. The molecular formula is C11H9Cl2NS. The van der Waals surface area contributed by atoms with Crippen molar-refractivity contribution in [2.24, 2.45) is 0 Å². The van der Waals surface area contributed by atoms with E-state index >= 15 is 0 Å². The molecule has 4 heteroatoms. The van der Waals surface area contributed by atoms with E-state index in [-0.39, 0.29) is 0 Å². The van der Waals surface area contributed by atoms with Crippen LogP contribution in [-0.4, -0.2) is 4.98 Å². The highest BCUT2D eigenvalue weighted by Crippen LogP contribution is 2.31. The molecule has 0 fully saturated rings. The highest BCUT2D eigenvalue weighted by Gasteiger charge is 2.08. The average molecular weight is 258 g/mol. The zero-order chi connectivity index (χ0) is 11.0. The van der Waals surface area contributed by atoms with E-state index < -0.39 is 0 Å². The number of aromatic nitrogens is 1. The minimum atomic E-state index is 0.569. The van der Waals surface area contributed by atoms with E-state index in [1.54, 1.807) is 17.4 Å². The van der Waals surface area contributed by atoms with Crippen LogP contribution in [0, 0.1) is 13.8 Å². The molecule has 15 heavy (non-hydrogen) atoms. The van der Waals surface area contributed by atoms with Gasteiger partial charge in [0.2, 0.25) is 0 Å². The summed E-state index contributed by atoms with van der Waals surface area (Å²) in [6.07, 6.45) is 0. The van der Waals surface area contributed by atoms with Gasteiger partial charge in [-0.3, -0.25) is 0 Å². The van der Waals surface area contributed by atoms with Crippen LogP contribution in [0.25, 0.3) is 11.3 Å². The van der Waals surface area contributed by atoms with Gasteiger partial charge in [-0.1, -0.05) is 29.3 Å². The van der Waals surface area contributed by atoms with E-state index in [0.717, 1.165) is 16.3 Å². The van der Waals surface area contributed by atoms with Gasteiger partial charge in [0.25, 0.3) is 0 Å². The first-order chi connectivity index (χ1) is 7.08. The molecule has 0 amide bonds. The largest absolute Gasteiger partial charge is 0.241 e. The van der Waals surface area contributed by atoms with Crippen molar-refractivity contribution >= 4 is 34.5 Å². The van der Waals surface area contributed by atoms with Crippen LogP contribution in [0.5, 0.6) is 0 Å². The number of hydrogen-bond donors (Lipinski definition) is 0. The molecule has 0 aliphatic heterocycles. The number of aryl methyl sites for hydroxylation is 2. The van der Waals surface area contributed by atoms with Crippen molar-refractivity contribution < 1.29 is 0 Å². The van der Waals surface area contributed by atoms with Crippen LogP contribution in [0.2, 0.25) is 10.0 Å². The SMILES string of the molecule is Cc1nc(-c2ccc(Cl)c(Cl)c2)c(C)s1. The summed E-state index contributed by atoms with van der Waals surface area (Å²) in [7, 11) is 0. The highest BCUT2D eigenvalue weighted by molar-refractivity contribution is 7.11. The van der Waals surface area contributed by atoms with Gasteiger partial charge in [0.15, 0.2) is 0 Å². The van der Waals surface area contributed by atoms with Crippen molar-refractivity contribution in [3.8, 4) is 11.3 Å². The Balaban J connectivity index is 2.54. The maximum Gasteiger partial charge on any atom is 0.0904 e. The summed E-state index contributed by atoms with van der Waals surface area (Å²) in [6, 6.07) is 5.59. The van der Waals surface area contributed by atoms with Crippen LogP contribution in [0.1, 0.15) is 9.88 Å². The zero-order valence-corrected chi connectivity index (χ0v) is 10.7. The summed E-state index contributed by atoms with van der Waals surface area (Å²) < 4.78 is 0. The summed E-state index contributed by atoms with van der Waals surface area (Å²) in [5.41, 5.74) is 2.02. The Morgan fingerprint density at radius 2 is 1.87 bits per heavy atom. The van der Waals surface area contributed by atoms with Gasteiger partial charge < -0.3 is 0 Å². The molecule has 0 saturated heterocycles. The molecule has 0 aliphatic rings. The van der Waals surface area contributed by atoms with Crippen LogP contribution in [0.15, 0.2) is 18.2 Å². The lowest BCUT2D eigenvalue weighted by molar-refractivity contribution is 1.28. The van der Waals surface area contributed by atoms with E-state index in [4.69, 9.17) is 23.2 Å². The number of thiazole rings is 1. The van der Waals surface area contributed by atoms with Gasteiger partial charge in [-0.05, 0) is 26.0 Å². The molecule has 1 aromatic heterocycles. The first-order valence-electron chi connectivity index (χ1n) is 4.47. The lowest BCUT2D eigenvalue weighted by Gasteiger charge is -2.00. The van der Waals surface area contributed by atoms with Crippen molar-refractivity contribution in [3.63, 3.8) is 0 Å². The third-order valence-electron chi connectivity index (χ3n) is 2.10. The fraction of sp³-hybridized carbons (Fsp3) is 0.182.